The van der Waals surface area contributed by atoms with Gasteiger partial charge in [-0.1, -0.05) is 11.6 Å². The molecule has 1 rings (SSSR count). The largest absolute Gasteiger partial charge is 0.493 e. The summed E-state index contributed by atoms with van der Waals surface area (Å²) >= 11 is 5.68. The van der Waals surface area contributed by atoms with Crippen molar-refractivity contribution in [3.05, 3.63) is 22.5 Å². The van der Waals surface area contributed by atoms with E-state index >= 15 is 0 Å². The first-order valence-corrected chi connectivity index (χ1v) is 3.93. The molecule has 72 valence electrons. The van der Waals surface area contributed by atoms with Crippen LogP contribution in [0.1, 0.15) is 17.8 Å². The molecule has 0 aromatic carbocycles. The number of alkyl halides is 2. The molecule has 0 bridgehead atoms. The molecular weight excluding hydrogens is 200 g/mol. The number of hydrogen-bond donors (Lipinski definition) is 0. The number of rotatable bonds is 2. The van der Waals surface area contributed by atoms with Gasteiger partial charge in [0.2, 0.25) is 0 Å². The molecule has 0 saturated carbocycles. The van der Waals surface area contributed by atoms with Crippen LogP contribution in [0.25, 0.3) is 0 Å². The molecule has 0 amide bonds. The van der Waals surface area contributed by atoms with Crippen molar-refractivity contribution in [2.45, 2.75) is 13.3 Å². The highest BCUT2D eigenvalue weighted by molar-refractivity contribution is 6.32. The van der Waals surface area contributed by atoms with Gasteiger partial charge in [-0.3, -0.25) is 0 Å². The highest BCUT2D eigenvalue weighted by Gasteiger charge is 2.14. The van der Waals surface area contributed by atoms with Crippen molar-refractivity contribution in [2.24, 2.45) is 0 Å². The Kier molecular flexibility index (Phi) is 3.03. The fraction of sp³-hybridized carbons (Fsp3) is 0.375. The zero-order chi connectivity index (χ0) is 10.0. The van der Waals surface area contributed by atoms with Crippen LogP contribution in [0, 0.1) is 6.92 Å². The molecule has 13 heavy (non-hydrogen) atoms. The van der Waals surface area contributed by atoms with E-state index in [1.165, 1.54) is 7.11 Å². The standard InChI is InChI=1S/C8H8ClF2NO/c1-4-7(13-2)5(9)3-6(12-4)8(10)11/h3,8H,1-2H3. The normalized spacial score (nSPS) is 10.6. The first-order valence-electron chi connectivity index (χ1n) is 3.55. The van der Waals surface area contributed by atoms with Gasteiger partial charge in [0.25, 0.3) is 6.43 Å². The van der Waals surface area contributed by atoms with E-state index in [-0.39, 0.29) is 10.7 Å². The summed E-state index contributed by atoms with van der Waals surface area (Å²) in [5.41, 5.74) is 0.0357. The molecule has 1 aromatic heterocycles. The summed E-state index contributed by atoms with van der Waals surface area (Å²) in [6, 6.07) is 1.11. The molecule has 1 aromatic rings. The van der Waals surface area contributed by atoms with Crippen molar-refractivity contribution in [1.29, 1.82) is 0 Å². The van der Waals surface area contributed by atoms with E-state index in [9.17, 15) is 8.78 Å². The van der Waals surface area contributed by atoms with Gasteiger partial charge in [-0.05, 0) is 13.0 Å². The SMILES string of the molecule is COc1c(Cl)cc(C(F)F)nc1C. The van der Waals surface area contributed by atoms with Crippen molar-refractivity contribution < 1.29 is 13.5 Å². The zero-order valence-electron chi connectivity index (χ0n) is 7.14. The number of nitrogens with zero attached hydrogens (tertiary/aromatic N) is 1. The Hall–Kier alpha value is -0.900. The smallest absolute Gasteiger partial charge is 0.280 e. The van der Waals surface area contributed by atoms with E-state index in [4.69, 9.17) is 16.3 Å². The van der Waals surface area contributed by atoms with E-state index in [2.05, 4.69) is 4.98 Å². The monoisotopic (exact) mass is 207 g/mol. The van der Waals surface area contributed by atoms with Gasteiger partial charge in [0.05, 0.1) is 17.8 Å². The van der Waals surface area contributed by atoms with Crippen molar-refractivity contribution in [3.8, 4) is 5.75 Å². The molecule has 0 radical (unpaired) electrons. The third-order valence-electron chi connectivity index (χ3n) is 1.54. The van der Waals surface area contributed by atoms with Gasteiger partial charge in [0.15, 0.2) is 5.75 Å². The van der Waals surface area contributed by atoms with Crippen LogP contribution in [0.3, 0.4) is 0 Å². The minimum absolute atomic E-state index is 0.158. The molecule has 0 aliphatic carbocycles. The van der Waals surface area contributed by atoms with E-state index in [1.807, 2.05) is 0 Å². The highest BCUT2D eigenvalue weighted by atomic mass is 35.5. The molecule has 0 atom stereocenters. The van der Waals surface area contributed by atoms with Crippen molar-refractivity contribution in [1.82, 2.24) is 4.98 Å². The van der Waals surface area contributed by atoms with Gasteiger partial charge in [-0.25, -0.2) is 13.8 Å². The Morgan fingerprint density at radius 1 is 1.54 bits per heavy atom. The molecule has 0 fully saturated rings. The summed E-state index contributed by atoms with van der Waals surface area (Å²) in [6.45, 7) is 1.57. The Labute approximate surface area is 79.5 Å². The van der Waals surface area contributed by atoms with Crippen LogP contribution in [0.5, 0.6) is 5.75 Å². The summed E-state index contributed by atoms with van der Waals surface area (Å²) in [7, 11) is 1.41. The number of methoxy groups -OCH3 is 1. The van der Waals surface area contributed by atoms with Gasteiger partial charge >= 0.3 is 0 Å². The van der Waals surface area contributed by atoms with Gasteiger partial charge in [-0.15, -0.1) is 0 Å². The quantitative estimate of drug-likeness (QED) is 0.744. The number of halogens is 3. The summed E-state index contributed by atoms with van der Waals surface area (Å²) in [5, 5.41) is 0.158. The Morgan fingerprint density at radius 3 is 2.54 bits per heavy atom. The molecule has 0 aliphatic rings. The second-order valence-corrected chi connectivity index (χ2v) is 2.86. The highest BCUT2D eigenvalue weighted by Crippen LogP contribution is 2.30. The lowest BCUT2D eigenvalue weighted by atomic mass is 10.3. The lowest BCUT2D eigenvalue weighted by Crippen LogP contribution is -1.97. The molecule has 0 N–H and O–H groups in total. The first-order chi connectivity index (χ1) is 6.06. The van der Waals surface area contributed by atoms with Crippen LogP contribution in [0.15, 0.2) is 6.07 Å². The molecule has 2 nitrogen and oxygen atoms in total. The van der Waals surface area contributed by atoms with E-state index in [1.54, 1.807) is 6.92 Å². The average molecular weight is 208 g/mol. The van der Waals surface area contributed by atoms with Crippen LogP contribution in [0.2, 0.25) is 5.02 Å². The van der Waals surface area contributed by atoms with Crippen molar-refractivity contribution in [2.75, 3.05) is 7.11 Å². The van der Waals surface area contributed by atoms with Crippen LogP contribution < -0.4 is 4.74 Å². The van der Waals surface area contributed by atoms with Crippen molar-refractivity contribution in [3.63, 3.8) is 0 Å². The third kappa shape index (κ3) is 2.06. The number of pyridine rings is 1. The average Bonchev–Trinajstić information content (AvgIpc) is 2.03. The lowest BCUT2D eigenvalue weighted by molar-refractivity contribution is 0.145. The maximum Gasteiger partial charge on any atom is 0.280 e. The summed E-state index contributed by atoms with van der Waals surface area (Å²) in [5.74, 6) is 0.339. The second-order valence-electron chi connectivity index (χ2n) is 2.45. The summed E-state index contributed by atoms with van der Waals surface area (Å²) in [6.07, 6.45) is -2.61. The minimum Gasteiger partial charge on any atom is -0.493 e. The third-order valence-corrected chi connectivity index (χ3v) is 1.83. The molecular formula is C8H8ClF2NO. The van der Waals surface area contributed by atoms with Crippen LogP contribution in [-0.2, 0) is 0 Å². The van der Waals surface area contributed by atoms with Gasteiger partial charge in [-0.2, -0.15) is 0 Å². The van der Waals surface area contributed by atoms with Gasteiger partial charge in [0.1, 0.15) is 5.69 Å². The number of hydrogen-bond acceptors (Lipinski definition) is 2. The molecule has 5 heteroatoms. The van der Waals surface area contributed by atoms with Crippen LogP contribution in [-0.4, -0.2) is 12.1 Å². The molecule has 0 unspecified atom stereocenters. The second kappa shape index (κ2) is 3.87. The number of ether oxygens (including phenoxy) is 1. The summed E-state index contributed by atoms with van der Waals surface area (Å²) < 4.78 is 29.3. The maximum atomic E-state index is 12.2. The van der Waals surface area contributed by atoms with Crippen molar-refractivity contribution >= 4 is 11.6 Å². The molecule has 1 heterocycles. The van der Waals surface area contributed by atoms with Crippen LogP contribution in [0.4, 0.5) is 8.78 Å². The molecule has 0 aliphatic heterocycles. The molecule has 0 saturated heterocycles. The molecule has 0 spiro atoms. The van der Waals surface area contributed by atoms with E-state index < -0.39 is 6.43 Å². The Morgan fingerprint density at radius 2 is 2.15 bits per heavy atom. The van der Waals surface area contributed by atoms with Gasteiger partial charge < -0.3 is 4.74 Å². The summed E-state index contributed by atoms with van der Waals surface area (Å²) in [4.78, 5) is 3.64. The Balaban J connectivity index is 3.20. The fourth-order valence-electron chi connectivity index (χ4n) is 1.00. The van der Waals surface area contributed by atoms with Crippen LogP contribution >= 0.6 is 11.6 Å². The first kappa shape index (κ1) is 10.2. The maximum absolute atomic E-state index is 12.2. The predicted molar refractivity (Wildman–Crippen MR) is 45.5 cm³/mol. The number of aromatic nitrogens is 1. The topological polar surface area (TPSA) is 22.1 Å². The fourth-order valence-corrected chi connectivity index (χ4v) is 1.33. The van der Waals surface area contributed by atoms with E-state index in [0.717, 1.165) is 6.07 Å². The number of aryl methyl sites for hydroxylation is 1. The lowest BCUT2D eigenvalue weighted by Gasteiger charge is -2.08. The van der Waals surface area contributed by atoms with Gasteiger partial charge in [0, 0.05) is 0 Å². The zero-order valence-corrected chi connectivity index (χ0v) is 7.90. The minimum atomic E-state index is -2.61. The van der Waals surface area contributed by atoms with E-state index in [0.29, 0.717) is 11.4 Å². The predicted octanol–water partition coefficient (Wildman–Crippen LogP) is 2.99. The Bertz CT molecular complexity index is 294.